The van der Waals surface area contributed by atoms with Crippen LogP contribution in [0, 0.1) is 6.92 Å². The Morgan fingerprint density at radius 3 is 2.76 bits per heavy atom. The van der Waals surface area contributed by atoms with E-state index < -0.39 is 18.0 Å². The first kappa shape index (κ1) is 24.3. The molecule has 4 aromatic rings. The molecule has 0 spiro atoms. The molecule has 196 valence electrons. The number of hydrogen-bond donors (Lipinski definition) is 2. The van der Waals surface area contributed by atoms with E-state index in [-0.39, 0.29) is 6.04 Å². The highest BCUT2D eigenvalue weighted by molar-refractivity contribution is 5.84. The Kier molecular flexibility index (Phi) is 5.77. The van der Waals surface area contributed by atoms with Crippen LogP contribution in [0.15, 0.2) is 48.9 Å². The lowest BCUT2D eigenvalue weighted by Crippen LogP contribution is -2.34. The Morgan fingerprint density at radius 2 is 1.97 bits per heavy atom. The molecule has 1 atom stereocenters. The number of carboxylic acid groups (broad SMARTS) is 1. The summed E-state index contributed by atoms with van der Waals surface area (Å²) in [4.78, 5) is 26.7. The van der Waals surface area contributed by atoms with Crippen molar-refractivity contribution in [3.8, 4) is 11.1 Å². The number of halogens is 3. The van der Waals surface area contributed by atoms with Gasteiger partial charge in [-0.3, -0.25) is 4.98 Å². The van der Waals surface area contributed by atoms with Crippen molar-refractivity contribution in [3.63, 3.8) is 0 Å². The first-order chi connectivity index (χ1) is 18.2. The molecule has 0 radical (unpaired) electrons. The molecule has 1 amide bonds. The lowest BCUT2D eigenvalue weighted by atomic mass is 9.86. The predicted octanol–water partition coefficient (Wildman–Crippen LogP) is 6.33. The number of alkyl halides is 3. The molecule has 38 heavy (non-hydrogen) atoms. The molecule has 0 aliphatic carbocycles. The topological polar surface area (TPSA) is 85.3 Å². The molecule has 3 aromatic heterocycles. The Labute approximate surface area is 216 Å². The number of H-pyrrole nitrogens is 1. The number of hydrogen-bond acceptors (Lipinski definition) is 4. The molecule has 0 bridgehead atoms. The second-order valence-corrected chi connectivity index (χ2v) is 10.00. The van der Waals surface area contributed by atoms with Gasteiger partial charge in [-0.05, 0) is 78.3 Å². The van der Waals surface area contributed by atoms with Crippen molar-refractivity contribution in [3.05, 3.63) is 76.9 Å². The zero-order chi connectivity index (χ0) is 26.6. The quantitative estimate of drug-likeness (QED) is 0.329. The Bertz CT molecular complexity index is 1550. The molecule has 7 nitrogen and oxygen atoms in total. The van der Waals surface area contributed by atoms with Gasteiger partial charge in [0.15, 0.2) is 0 Å². The van der Waals surface area contributed by atoms with Crippen LogP contribution in [-0.4, -0.2) is 44.1 Å². The van der Waals surface area contributed by atoms with E-state index >= 15 is 0 Å². The highest BCUT2D eigenvalue weighted by Gasteiger charge is 2.35. The molecule has 2 N–H and O–H groups in total. The summed E-state index contributed by atoms with van der Waals surface area (Å²) in [6.07, 6.45) is 1.51. The predicted molar refractivity (Wildman–Crippen MR) is 137 cm³/mol. The summed E-state index contributed by atoms with van der Waals surface area (Å²) >= 11 is 0. The summed E-state index contributed by atoms with van der Waals surface area (Å²) in [5.74, 6) is 0. The van der Waals surface area contributed by atoms with E-state index in [9.17, 15) is 23.1 Å². The number of amides is 1. The number of pyridine rings is 2. The third-order valence-corrected chi connectivity index (χ3v) is 7.70. The van der Waals surface area contributed by atoms with Crippen molar-refractivity contribution < 1.29 is 23.1 Å². The van der Waals surface area contributed by atoms with E-state index in [0.29, 0.717) is 38.2 Å². The number of nitrogens with one attached hydrogen (secondary N) is 1. The standard InChI is InChI=1S/C28H26F3N5O2/c1-16-13-33-26-21(16)11-19(14-34-26)18-9-17-5-8-35(20-4-6-32-25(12-20)28(29,30)31)15-23(17)22(10-18)24-3-2-7-36(24)27(37)38/h4,6,9-14,24H,2-3,5,7-8,15H2,1H3,(H,33,34)(H,37,38)/t24-/m0/s1. The summed E-state index contributed by atoms with van der Waals surface area (Å²) in [6, 6.07) is 8.62. The van der Waals surface area contributed by atoms with Crippen molar-refractivity contribution in [1.29, 1.82) is 0 Å². The third-order valence-electron chi connectivity index (χ3n) is 7.70. The van der Waals surface area contributed by atoms with Gasteiger partial charge in [-0.15, -0.1) is 0 Å². The van der Waals surface area contributed by atoms with E-state index in [4.69, 9.17) is 0 Å². The molecule has 0 saturated carbocycles. The van der Waals surface area contributed by atoms with Crippen molar-refractivity contribution in [1.82, 2.24) is 19.9 Å². The number of carbonyl (C=O) groups is 1. The molecular formula is C28H26F3N5O2. The van der Waals surface area contributed by atoms with Gasteiger partial charge >= 0.3 is 12.3 Å². The zero-order valence-corrected chi connectivity index (χ0v) is 20.7. The first-order valence-electron chi connectivity index (χ1n) is 12.6. The third kappa shape index (κ3) is 4.23. The minimum absolute atomic E-state index is 0.310. The summed E-state index contributed by atoms with van der Waals surface area (Å²) < 4.78 is 40.0. The molecule has 2 aliphatic rings. The number of aromatic nitrogens is 3. The molecule has 6 rings (SSSR count). The van der Waals surface area contributed by atoms with Crippen LogP contribution >= 0.6 is 0 Å². The average Bonchev–Trinajstić information content (AvgIpc) is 3.54. The zero-order valence-electron chi connectivity index (χ0n) is 20.7. The number of aryl methyl sites for hydroxylation is 1. The molecule has 1 saturated heterocycles. The van der Waals surface area contributed by atoms with Crippen LogP contribution < -0.4 is 4.90 Å². The minimum atomic E-state index is -4.53. The van der Waals surface area contributed by atoms with Crippen LogP contribution in [0.4, 0.5) is 23.7 Å². The normalized spacial score (nSPS) is 17.7. The van der Waals surface area contributed by atoms with Crippen molar-refractivity contribution >= 4 is 22.8 Å². The maximum absolute atomic E-state index is 13.3. The van der Waals surface area contributed by atoms with Gasteiger partial charge in [-0.2, -0.15) is 13.2 Å². The fraction of sp³-hybridized carbons (Fsp3) is 0.321. The van der Waals surface area contributed by atoms with Crippen molar-refractivity contribution in [2.45, 2.75) is 44.9 Å². The largest absolute Gasteiger partial charge is 0.465 e. The number of likely N-dealkylation sites (tertiary alicyclic amines) is 1. The van der Waals surface area contributed by atoms with E-state index in [1.54, 1.807) is 6.07 Å². The Balaban J connectivity index is 1.45. The highest BCUT2D eigenvalue weighted by atomic mass is 19.4. The molecule has 0 unspecified atom stereocenters. The number of nitrogens with zero attached hydrogens (tertiary/aromatic N) is 4. The highest BCUT2D eigenvalue weighted by Crippen LogP contribution is 2.41. The number of aromatic amines is 1. The van der Waals surface area contributed by atoms with Crippen LogP contribution in [0.1, 0.15) is 46.8 Å². The molecule has 1 aromatic carbocycles. The van der Waals surface area contributed by atoms with Gasteiger partial charge < -0.3 is 19.9 Å². The van der Waals surface area contributed by atoms with Crippen LogP contribution in [-0.2, 0) is 19.1 Å². The molecular weight excluding hydrogens is 495 g/mol. The Hall–Kier alpha value is -4.08. The van der Waals surface area contributed by atoms with Crippen LogP contribution in [0.5, 0.6) is 0 Å². The van der Waals surface area contributed by atoms with Gasteiger partial charge in [-0.1, -0.05) is 6.07 Å². The number of rotatable bonds is 3. The molecule has 5 heterocycles. The van der Waals surface area contributed by atoms with E-state index in [0.717, 1.165) is 56.9 Å². The summed E-state index contributed by atoms with van der Waals surface area (Å²) in [7, 11) is 0. The fourth-order valence-electron chi connectivity index (χ4n) is 5.76. The van der Waals surface area contributed by atoms with E-state index in [1.807, 2.05) is 30.3 Å². The van der Waals surface area contributed by atoms with Gasteiger partial charge in [0, 0.05) is 54.9 Å². The van der Waals surface area contributed by atoms with Crippen LogP contribution in [0.3, 0.4) is 0 Å². The monoisotopic (exact) mass is 521 g/mol. The smallest absolute Gasteiger partial charge is 0.433 e. The SMILES string of the molecule is Cc1c[nH]c2ncc(-c3cc4c(c([C@@H]5CCCN5C(=O)O)c3)CN(c3ccnc(C(F)(F)F)c3)CC4)cc12. The summed E-state index contributed by atoms with van der Waals surface area (Å²) in [5.41, 5.74) is 6.31. The summed E-state index contributed by atoms with van der Waals surface area (Å²) in [6.45, 7) is 3.41. The lowest BCUT2D eigenvalue weighted by molar-refractivity contribution is -0.141. The van der Waals surface area contributed by atoms with Gasteiger partial charge in [-0.25, -0.2) is 9.78 Å². The molecule has 2 aliphatic heterocycles. The van der Waals surface area contributed by atoms with Crippen LogP contribution in [0.2, 0.25) is 0 Å². The van der Waals surface area contributed by atoms with E-state index in [1.165, 1.54) is 11.1 Å². The van der Waals surface area contributed by atoms with Crippen molar-refractivity contribution in [2.24, 2.45) is 0 Å². The van der Waals surface area contributed by atoms with E-state index in [2.05, 4.69) is 27.1 Å². The van der Waals surface area contributed by atoms with Gasteiger partial charge in [0.1, 0.15) is 11.3 Å². The summed E-state index contributed by atoms with van der Waals surface area (Å²) in [5, 5.41) is 10.9. The number of fused-ring (bicyclic) bond motifs is 2. The van der Waals surface area contributed by atoms with Gasteiger partial charge in [0.05, 0.1) is 6.04 Å². The second-order valence-electron chi connectivity index (χ2n) is 10.00. The number of anilines is 1. The second kappa shape index (κ2) is 9.04. The van der Waals surface area contributed by atoms with Crippen molar-refractivity contribution in [2.75, 3.05) is 18.0 Å². The fourth-order valence-corrected chi connectivity index (χ4v) is 5.76. The molecule has 1 fully saturated rings. The maximum Gasteiger partial charge on any atom is 0.433 e. The number of benzene rings is 1. The van der Waals surface area contributed by atoms with Crippen LogP contribution in [0.25, 0.3) is 22.2 Å². The van der Waals surface area contributed by atoms with Gasteiger partial charge in [0.2, 0.25) is 0 Å². The lowest BCUT2D eigenvalue weighted by Gasteiger charge is -2.35. The Morgan fingerprint density at radius 1 is 1.13 bits per heavy atom. The average molecular weight is 522 g/mol. The molecule has 10 heteroatoms. The van der Waals surface area contributed by atoms with Gasteiger partial charge in [0.25, 0.3) is 0 Å². The minimum Gasteiger partial charge on any atom is -0.465 e. The maximum atomic E-state index is 13.3. The first-order valence-corrected chi connectivity index (χ1v) is 12.6.